The van der Waals surface area contributed by atoms with Crippen molar-refractivity contribution in [3.05, 3.63) is 34.1 Å². The number of benzene rings is 1. The van der Waals surface area contributed by atoms with Crippen molar-refractivity contribution in [1.29, 1.82) is 0 Å². The maximum Gasteiger partial charge on any atom is 0.224 e. The Labute approximate surface area is 115 Å². The molecule has 0 heterocycles. The van der Waals surface area contributed by atoms with Gasteiger partial charge in [-0.25, -0.2) is 4.39 Å². The molecule has 18 heavy (non-hydrogen) atoms. The molecule has 0 aliphatic heterocycles. The van der Waals surface area contributed by atoms with Gasteiger partial charge in [-0.05, 0) is 35.7 Å². The summed E-state index contributed by atoms with van der Waals surface area (Å²) in [6.07, 6.45) is 0.0337. The number of nitrogens with one attached hydrogen (secondary N) is 1. The fourth-order valence-corrected chi connectivity index (χ4v) is 1.73. The van der Waals surface area contributed by atoms with Gasteiger partial charge in [0.25, 0.3) is 0 Å². The zero-order chi connectivity index (χ0) is 13.8. The van der Waals surface area contributed by atoms with Gasteiger partial charge in [-0.3, -0.25) is 4.79 Å². The largest absolute Gasteiger partial charge is 0.355 e. The molecule has 0 spiro atoms. The number of halogens is 2. The molecule has 1 rings (SSSR count). The van der Waals surface area contributed by atoms with Crippen molar-refractivity contribution in [2.24, 2.45) is 11.1 Å². The Kier molecular flexibility index (Phi) is 5.28. The molecule has 0 saturated heterocycles. The van der Waals surface area contributed by atoms with Gasteiger partial charge in [0.15, 0.2) is 0 Å². The van der Waals surface area contributed by atoms with E-state index in [1.165, 1.54) is 6.07 Å². The Morgan fingerprint density at radius 1 is 1.50 bits per heavy atom. The van der Waals surface area contributed by atoms with Gasteiger partial charge >= 0.3 is 0 Å². The van der Waals surface area contributed by atoms with E-state index in [2.05, 4.69) is 21.2 Å². The topological polar surface area (TPSA) is 55.1 Å². The van der Waals surface area contributed by atoms with E-state index in [-0.39, 0.29) is 23.6 Å². The van der Waals surface area contributed by atoms with Gasteiger partial charge in [0.2, 0.25) is 5.91 Å². The first-order valence-corrected chi connectivity index (χ1v) is 6.54. The molecule has 100 valence electrons. The predicted molar refractivity (Wildman–Crippen MR) is 73.6 cm³/mol. The summed E-state index contributed by atoms with van der Waals surface area (Å²) < 4.78 is 14.2. The van der Waals surface area contributed by atoms with Crippen LogP contribution in [-0.4, -0.2) is 19.0 Å². The highest BCUT2D eigenvalue weighted by molar-refractivity contribution is 9.10. The summed E-state index contributed by atoms with van der Waals surface area (Å²) in [6.45, 7) is 4.90. The minimum Gasteiger partial charge on any atom is -0.355 e. The summed E-state index contributed by atoms with van der Waals surface area (Å²) in [5.74, 6) is -0.569. The number of hydrogen-bond acceptors (Lipinski definition) is 2. The van der Waals surface area contributed by atoms with Crippen LogP contribution in [0.2, 0.25) is 0 Å². The SMILES string of the molecule is CC(C)(CN)CNC(=O)Cc1cc(Br)ccc1F. The second-order valence-electron chi connectivity index (χ2n) is 5.06. The molecule has 0 radical (unpaired) electrons. The molecule has 0 unspecified atom stereocenters. The molecule has 0 aliphatic carbocycles. The van der Waals surface area contributed by atoms with Gasteiger partial charge in [0.05, 0.1) is 6.42 Å². The highest BCUT2D eigenvalue weighted by Gasteiger charge is 2.17. The van der Waals surface area contributed by atoms with Crippen LogP contribution in [-0.2, 0) is 11.2 Å². The Bertz CT molecular complexity index is 435. The summed E-state index contributed by atoms with van der Waals surface area (Å²) in [4.78, 5) is 11.7. The lowest BCUT2D eigenvalue weighted by Crippen LogP contribution is -2.39. The van der Waals surface area contributed by atoms with Gasteiger partial charge in [-0.15, -0.1) is 0 Å². The third-order valence-corrected chi connectivity index (χ3v) is 3.17. The highest BCUT2D eigenvalue weighted by atomic mass is 79.9. The quantitative estimate of drug-likeness (QED) is 0.875. The minimum atomic E-state index is -0.369. The molecular weight excluding hydrogens is 299 g/mol. The van der Waals surface area contributed by atoms with Crippen LogP contribution in [0.25, 0.3) is 0 Å². The lowest BCUT2D eigenvalue weighted by molar-refractivity contribution is -0.120. The average molecular weight is 317 g/mol. The van der Waals surface area contributed by atoms with Crippen molar-refractivity contribution >= 4 is 21.8 Å². The van der Waals surface area contributed by atoms with Crippen LogP contribution in [0.4, 0.5) is 4.39 Å². The van der Waals surface area contributed by atoms with E-state index in [9.17, 15) is 9.18 Å². The van der Waals surface area contributed by atoms with E-state index < -0.39 is 0 Å². The minimum absolute atomic E-state index is 0.0337. The summed E-state index contributed by atoms with van der Waals surface area (Å²) in [5.41, 5.74) is 5.81. The second-order valence-corrected chi connectivity index (χ2v) is 5.97. The summed E-state index contributed by atoms with van der Waals surface area (Å²) in [5, 5.41) is 2.77. The van der Waals surface area contributed by atoms with Crippen LogP contribution < -0.4 is 11.1 Å². The van der Waals surface area contributed by atoms with E-state index in [4.69, 9.17) is 5.73 Å². The van der Waals surface area contributed by atoms with E-state index in [1.54, 1.807) is 12.1 Å². The smallest absolute Gasteiger partial charge is 0.224 e. The Morgan fingerprint density at radius 2 is 2.17 bits per heavy atom. The lowest BCUT2D eigenvalue weighted by atomic mass is 9.94. The zero-order valence-electron chi connectivity index (χ0n) is 10.6. The van der Waals surface area contributed by atoms with E-state index in [1.807, 2.05) is 13.8 Å². The molecule has 5 heteroatoms. The number of rotatable bonds is 5. The highest BCUT2D eigenvalue weighted by Crippen LogP contribution is 2.16. The summed E-state index contributed by atoms with van der Waals surface area (Å²) in [7, 11) is 0. The predicted octanol–water partition coefficient (Wildman–Crippen LogP) is 2.23. The number of carbonyl (C=O) groups is 1. The van der Waals surface area contributed by atoms with Gasteiger partial charge in [0, 0.05) is 11.0 Å². The summed E-state index contributed by atoms with van der Waals surface area (Å²) in [6, 6.07) is 4.56. The maximum absolute atomic E-state index is 13.4. The third-order valence-electron chi connectivity index (χ3n) is 2.68. The fraction of sp³-hybridized carbons (Fsp3) is 0.462. The number of amides is 1. The maximum atomic E-state index is 13.4. The first-order valence-electron chi connectivity index (χ1n) is 5.75. The Hall–Kier alpha value is -0.940. The number of hydrogen-bond donors (Lipinski definition) is 2. The Morgan fingerprint density at radius 3 is 2.78 bits per heavy atom. The molecule has 0 bridgehead atoms. The molecule has 1 amide bonds. The first kappa shape index (κ1) is 15.1. The van der Waals surface area contributed by atoms with Gasteiger partial charge in [-0.1, -0.05) is 29.8 Å². The zero-order valence-corrected chi connectivity index (χ0v) is 12.2. The monoisotopic (exact) mass is 316 g/mol. The summed E-state index contributed by atoms with van der Waals surface area (Å²) >= 11 is 3.25. The molecule has 0 atom stereocenters. The average Bonchev–Trinajstić information content (AvgIpc) is 2.31. The lowest BCUT2D eigenvalue weighted by Gasteiger charge is -2.22. The fourth-order valence-electron chi connectivity index (χ4n) is 1.32. The van der Waals surface area contributed by atoms with Crippen molar-refractivity contribution in [3.8, 4) is 0 Å². The normalized spacial score (nSPS) is 11.4. The molecule has 1 aromatic carbocycles. The van der Waals surface area contributed by atoms with Gasteiger partial charge < -0.3 is 11.1 Å². The molecule has 3 N–H and O–H groups in total. The third kappa shape index (κ3) is 4.74. The van der Waals surface area contributed by atoms with Crippen LogP contribution in [0.5, 0.6) is 0 Å². The van der Waals surface area contributed by atoms with Gasteiger partial charge in [0.1, 0.15) is 5.82 Å². The molecule has 0 fully saturated rings. The number of carbonyl (C=O) groups excluding carboxylic acids is 1. The molecular formula is C13H18BrFN2O. The first-order chi connectivity index (χ1) is 8.34. The molecule has 0 aromatic heterocycles. The molecule has 3 nitrogen and oxygen atoms in total. The van der Waals surface area contributed by atoms with Crippen molar-refractivity contribution < 1.29 is 9.18 Å². The van der Waals surface area contributed by atoms with Crippen LogP contribution >= 0.6 is 15.9 Å². The van der Waals surface area contributed by atoms with Crippen LogP contribution in [0, 0.1) is 11.2 Å². The molecule has 0 saturated carbocycles. The van der Waals surface area contributed by atoms with Crippen molar-refractivity contribution in [3.63, 3.8) is 0 Å². The number of nitrogens with two attached hydrogens (primary N) is 1. The molecule has 0 aliphatic rings. The van der Waals surface area contributed by atoms with Crippen molar-refractivity contribution in [2.75, 3.05) is 13.1 Å². The van der Waals surface area contributed by atoms with Crippen molar-refractivity contribution in [2.45, 2.75) is 20.3 Å². The van der Waals surface area contributed by atoms with Crippen LogP contribution in [0.15, 0.2) is 22.7 Å². The van der Waals surface area contributed by atoms with Crippen molar-refractivity contribution in [1.82, 2.24) is 5.32 Å². The van der Waals surface area contributed by atoms with E-state index in [0.717, 1.165) is 4.47 Å². The molecule has 1 aromatic rings. The second kappa shape index (κ2) is 6.29. The van der Waals surface area contributed by atoms with Gasteiger partial charge in [-0.2, -0.15) is 0 Å². The van der Waals surface area contributed by atoms with E-state index >= 15 is 0 Å². The standard InChI is InChI=1S/C13H18BrFN2O/c1-13(2,7-16)8-17-12(18)6-9-5-10(14)3-4-11(9)15/h3-5H,6-8,16H2,1-2H3,(H,17,18). The van der Waals surface area contributed by atoms with E-state index in [0.29, 0.717) is 18.7 Å². The van der Waals surface area contributed by atoms with Crippen LogP contribution in [0.1, 0.15) is 19.4 Å². The van der Waals surface area contributed by atoms with Crippen LogP contribution in [0.3, 0.4) is 0 Å². The Balaban J connectivity index is 2.57.